The molecule has 3 aromatic rings. The molecule has 0 saturated carbocycles. The molecule has 1 unspecified atom stereocenters. The molecule has 0 amide bonds. The predicted octanol–water partition coefficient (Wildman–Crippen LogP) is 4.67. The smallest absolute Gasteiger partial charge is 0.236 e. The second-order valence-corrected chi connectivity index (χ2v) is 7.14. The maximum atomic E-state index is 12.4. The molecule has 4 rings (SSSR count). The first-order chi connectivity index (χ1) is 14.7. The fourth-order valence-electron chi connectivity index (χ4n) is 3.09. The van der Waals surface area contributed by atoms with Crippen LogP contribution in [0.3, 0.4) is 0 Å². The number of rotatable bonds is 5. The van der Waals surface area contributed by atoms with Gasteiger partial charge in [0.2, 0.25) is 5.78 Å². The average molecular weight is 423 g/mol. The highest BCUT2D eigenvalue weighted by molar-refractivity contribution is 6.33. The Labute approximate surface area is 179 Å². The van der Waals surface area contributed by atoms with E-state index in [-0.39, 0.29) is 18.7 Å². The molecule has 1 aliphatic heterocycles. The van der Waals surface area contributed by atoms with Gasteiger partial charge < -0.3 is 14.0 Å². The fraction of sp³-hybridized carbons (Fsp3) is 0.261. The molecule has 30 heavy (non-hydrogen) atoms. The summed E-state index contributed by atoms with van der Waals surface area (Å²) in [4.78, 5) is 16.4. The molecule has 1 fully saturated rings. The van der Waals surface area contributed by atoms with Crippen LogP contribution < -0.4 is 0 Å². The van der Waals surface area contributed by atoms with Crippen LogP contribution in [-0.2, 0) is 16.1 Å². The summed E-state index contributed by atoms with van der Waals surface area (Å²) < 4.78 is 17.0. The van der Waals surface area contributed by atoms with Gasteiger partial charge in [-0.05, 0) is 49.4 Å². The van der Waals surface area contributed by atoms with Crippen molar-refractivity contribution in [3.63, 3.8) is 0 Å². The van der Waals surface area contributed by atoms with Crippen molar-refractivity contribution in [2.75, 3.05) is 6.61 Å². The van der Waals surface area contributed by atoms with E-state index in [1.165, 1.54) is 0 Å². The summed E-state index contributed by atoms with van der Waals surface area (Å²) in [6.45, 7) is 0.841. The number of benzene rings is 1. The van der Waals surface area contributed by atoms with Crippen LogP contribution in [0.5, 0.6) is 0 Å². The third kappa shape index (κ3) is 4.77. The van der Waals surface area contributed by atoms with Crippen molar-refractivity contribution in [3.8, 4) is 23.2 Å². The third-order valence-corrected chi connectivity index (χ3v) is 5.00. The molecule has 7 heteroatoms. The first-order valence-corrected chi connectivity index (χ1v) is 10.0. The topological polar surface area (TPSA) is 74.5 Å². The number of carbonyl (C=O) groups excluding carboxylic acids is 1. The van der Waals surface area contributed by atoms with Gasteiger partial charge in [-0.2, -0.15) is 0 Å². The van der Waals surface area contributed by atoms with E-state index in [9.17, 15) is 4.79 Å². The summed E-state index contributed by atoms with van der Waals surface area (Å²) in [7, 11) is 0. The van der Waals surface area contributed by atoms with Crippen molar-refractivity contribution >= 4 is 17.4 Å². The zero-order valence-electron chi connectivity index (χ0n) is 16.1. The van der Waals surface area contributed by atoms with Crippen LogP contribution in [0.2, 0.25) is 5.02 Å². The summed E-state index contributed by atoms with van der Waals surface area (Å²) in [6.07, 6.45) is 5.74. The standard InChI is InChI=1S/C23H19ClN2O4/c24-19-6-2-1-5-17(19)23-18(8-9-21(27)16-10-12-25-13-11-16)20(26-30-23)15-29-22-7-3-4-14-28-22/h1-2,5-6,10-13,22H,3-4,7,14-15H2. The summed E-state index contributed by atoms with van der Waals surface area (Å²) in [6, 6.07) is 10.5. The van der Waals surface area contributed by atoms with Gasteiger partial charge in [-0.1, -0.05) is 34.8 Å². The Bertz CT molecular complexity index is 1080. The average Bonchev–Trinajstić information content (AvgIpc) is 3.20. The van der Waals surface area contributed by atoms with Crippen molar-refractivity contribution in [3.05, 3.63) is 70.6 Å². The third-order valence-electron chi connectivity index (χ3n) is 4.67. The van der Waals surface area contributed by atoms with Gasteiger partial charge in [0.15, 0.2) is 12.1 Å². The lowest BCUT2D eigenvalue weighted by Gasteiger charge is -2.22. The number of hydrogen-bond donors (Lipinski definition) is 0. The lowest BCUT2D eigenvalue weighted by Crippen LogP contribution is -2.22. The Morgan fingerprint density at radius 1 is 1.20 bits per heavy atom. The maximum Gasteiger partial charge on any atom is 0.236 e. The van der Waals surface area contributed by atoms with Crippen LogP contribution in [-0.4, -0.2) is 28.8 Å². The van der Waals surface area contributed by atoms with Crippen LogP contribution >= 0.6 is 11.6 Å². The lowest BCUT2D eigenvalue weighted by molar-refractivity contribution is -0.169. The van der Waals surface area contributed by atoms with Crippen LogP contribution in [0.25, 0.3) is 11.3 Å². The van der Waals surface area contributed by atoms with Gasteiger partial charge in [0, 0.05) is 30.1 Å². The number of ether oxygens (including phenoxy) is 2. The molecule has 0 aliphatic carbocycles. The fourth-order valence-corrected chi connectivity index (χ4v) is 3.31. The quantitative estimate of drug-likeness (QED) is 0.439. The van der Waals surface area contributed by atoms with Crippen molar-refractivity contribution < 1.29 is 18.8 Å². The zero-order valence-corrected chi connectivity index (χ0v) is 16.9. The van der Waals surface area contributed by atoms with Crippen molar-refractivity contribution in [1.29, 1.82) is 0 Å². The first-order valence-electron chi connectivity index (χ1n) is 9.65. The maximum absolute atomic E-state index is 12.4. The van der Waals surface area contributed by atoms with Gasteiger partial charge in [-0.3, -0.25) is 9.78 Å². The van der Waals surface area contributed by atoms with E-state index in [0.29, 0.717) is 39.8 Å². The van der Waals surface area contributed by atoms with Crippen LogP contribution in [0.4, 0.5) is 0 Å². The lowest BCUT2D eigenvalue weighted by atomic mass is 10.1. The molecule has 0 radical (unpaired) electrons. The van der Waals surface area contributed by atoms with E-state index in [4.69, 9.17) is 25.6 Å². The van der Waals surface area contributed by atoms with Crippen molar-refractivity contribution in [2.24, 2.45) is 0 Å². The van der Waals surface area contributed by atoms with Crippen molar-refractivity contribution in [1.82, 2.24) is 10.1 Å². The van der Waals surface area contributed by atoms with Crippen LogP contribution in [0.15, 0.2) is 53.3 Å². The Hall–Kier alpha value is -2.98. The molecule has 0 spiro atoms. The normalized spacial score (nSPS) is 16.0. The molecule has 0 bridgehead atoms. The first kappa shape index (κ1) is 20.3. The summed E-state index contributed by atoms with van der Waals surface area (Å²) in [5.74, 6) is 5.65. The molecule has 152 valence electrons. The predicted molar refractivity (Wildman–Crippen MR) is 111 cm³/mol. The van der Waals surface area contributed by atoms with E-state index in [1.54, 1.807) is 30.6 Å². The summed E-state index contributed by atoms with van der Waals surface area (Å²) in [5, 5.41) is 4.63. The molecule has 1 aromatic carbocycles. The number of ketones is 1. The van der Waals surface area contributed by atoms with Gasteiger partial charge in [0.1, 0.15) is 5.69 Å². The SMILES string of the molecule is O=C(C#Cc1c(COC2CCCCO2)noc1-c1ccccc1Cl)c1ccncc1. The second kappa shape index (κ2) is 9.68. The van der Waals surface area contributed by atoms with E-state index >= 15 is 0 Å². The number of aromatic nitrogens is 2. The minimum absolute atomic E-state index is 0.159. The van der Waals surface area contributed by atoms with Gasteiger partial charge in [0.25, 0.3) is 0 Å². The van der Waals surface area contributed by atoms with E-state index < -0.39 is 0 Å². The molecule has 2 aromatic heterocycles. The van der Waals surface area contributed by atoms with Gasteiger partial charge in [-0.15, -0.1) is 0 Å². The minimum atomic E-state index is -0.328. The van der Waals surface area contributed by atoms with Crippen LogP contribution in [0.1, 0.15) is 40.9 Å². The second-order valence-electron chi connectivity index (χ2n) is 6.74. The summed E-state index contributed by atoms with van der Waals surface area (Å²) in [5.41, 5.74) is 2.07. The highest BCUT2D eigenvalue weighted by Gasteiger charge is 2.21. The van der Waals surface area contributed by atoms with Gasteiger partial charge in [0.05, 0.1) is 17.2 Å². The molecule has 1 atom stereocenters. The van der Waals surface area contributed by atoms with Gasteiger partial charge in [-0.25, -0.2) is 0 Å². The van der Waals surface area contributed by atoms with E-state index in [1.807, 2.05) is 18.2 Å². The number of Topliss-reactive ketones (excluding diaryl/α,β-unsaturated/α-hetero) is 1. The van der Waals surface area contributed by atoms with Crippen molar-refractivity contribution in [2.45, 2.75) is 32.2 Å². The van der Waals surface area contributed by atoms with Crippen LogP contribution in [0, 0.1) is 11.8 Å². The molecular weight excluding hydrogens is 404 g/mol. The summed E-state index contributed by atoms with van der Waals surface area (Å²) >= 11 is 6.34. The number of carbonyl (C=O) groups is 1. The Morgan fingerprint density at radius 3 is 2.80 bits per heavy atom. The molecular formula is C23H19ClN2O4. The number of pyridine rings is 1. The molecule has 0 N–H and O–H groups in total. The molecule has 6 nitrogen and oxygen atoms in total. The van der Waals surface area contributed by atoms with E-state index in [0.717, 1.165) is 19.3 Å². The monoisotopic (exact) mass is 422 g/mol. The number of halogens is 1. The minimum Gasteiger partial charge on any atom is -0.354 e. The molecule has 1 saturated heterocycles. The number of nitrogens with zero attached hydrogens (tertiary/aromatic N) is 2. The van der Waals surface area contributed by atoms with Gasteiger partial charge >= 0.3 is 0 Å². The molecule has 3 heterocycles. The highest BCUT2D eigenvalue weighted by atomic mass is 35.5. The highest BCUT2D eigenvalue weighted by Crippen LogP contribution is 2.32. The Morgan fingerprint density at radius 2 is 2.03 bits per heavy atom. The van der Waals surface area contributed by atoms with E-state index in [2.05, 4.69) is 22.0 Å². The zero-order chi connectivity index (χ0) is 20.8. The largest absolute Gasteiger partial charge is 0.354 e. The Balaban J connectivity index is 1.65. The number of hydrogen-bond acceptors (Lipinski definition) is 6. The molecule has 1 aliphatic rings. The Kier molecular flexibility index (Phi) is 6.55.